The lowest BCUT2D eigenvalue weighted by Crippen LogP contribution is -2.28. The zero-order valence-corrected chi connectivity index (χ0v) is 25.9. The Bertz CT molecular complexity index is 935. The fraction of sp³-hybridized carbons (Fsp3) is 0.611. The predicted octanol–water partition coefficient (Wildman–Crippen LogP) is 9.37. The van der Waals surface area contributed by atoms with Crippen LogP contribution in [0.1, 0.15) is 122 Å². The van der Waals surface area contributed by atoms with Crippen LogP contribution in [0, 0.1) is 5.92 Å². The van der Waals surface area contributed by atoms with E-state index in [-0.39, 0.29) is 17.9 Å². The lowest BCUT2D eigenvalue weighted by molar-refractivity contribution is -0.160. The fourth-order valence-electron chi connectivity index (χ4n) is 4.83. The lowest BCUT2D eigenvalue weighted by Gasteiger charge is -2.24. The number of benzene rings is 2. The summed E-state index contributed by atoms with van der Waals surface area (Å²) in [6.07, 6.45) is 14.2. The molecule has 2 aromatic carbocycles. The zero-order chi connectivity index (χ0) is 29.6. The average molecular weight is 567 g/mol. The summed E-state index contributed by atoms with van der Waals surface area (Å²) in [6.45, 7) is 7.67. The minimum Gasteiger partial charge on any atom is -0.461 e. The van der Waals surface area contributed by atoms with Gasteiger partial charge in [0, 0.05) is 13.0 Å². The van der Waals surface area contributed by atoms with Gasteiger partial charge in [-0.15, -0.1) is 0 Å². The van der Waals surface area contributed by atoms with E-state index in [0.717, 1.165) is 76.4 Å². The van der Waals surface area contributed by atoms with E-state index in [1.165, 1.54) is 24.8 Å². The third-order valence-electron chi connectivity index (χ3n) is 7.12. The molecule has 0 heterocycles. The number of hydrogen-bond donors (Lipinski definition) is 0. The molecule has 0 aliphatic heterocycles. The summed E-state index contributed by atoms with van der Waals surface area (Å²) in [4.78, 5) is 24.8. The van der Waals surface area contributed by atoms with E-state index < -0.39 is 5.60 Å². The summed E-state index contributed by atoms with van der Waals surface area (Å²) >= 11 is 0. The van der Waals surface area contributed by atoms with E-state index in [1.807, 2.05) is 69.3 Å². The number of hydrogen-bond acceptors (Lipinski definition) is 5. The van der Waals surface area contributed by atoms with E-state index in [1.54, 1.807) is 0 Å². The van der Waals surface area contributed by atoms with Gasteiger partial charge >= 0.3 is 11.9 Å². The highest BCUT2D eigenvalue weighted by Gasteiger charge is 2.24. The van der Waals surface area contributed by atoms with Gasteiger partial charge in [-0.1, -0.05) is 118 Å². The zero-order valence-electron chi connectivity index (χ0n) is 25.9. The van der Waals surface area contributed by atoms with E-state index >= 15 is 0 Å². The minimum atomic E-state index is -0.451. The van der Waals surface area contributed by atoms with Crippen molar-refractivity contribution >= 4 is 11.9 Å². The first-order valence-corrected chi connectivity index (χ1v) is 15.9. The van der Waals surface area contributed by atoms with Crippen LogP contribution in [0.3, 0.4) is 0 Å². The summed E-state index contributed by atoms with van der Waals surface area (Å²) in [5, 5.41) is 0. The van der Waals surface area contributed by atoms with Crippen molar-refractivity contribution in [2.24, 2.45) is 5.92 Å². The average Bonchev–Trinajstić information content (AvgIpc) is 2.95. The topological polar surface area (TPSA) is 61.8 Å². The van der Waals surface area contributed by atoms with Crippen LogP contribution in [0.5, 0.6) is 0 Å². The van der Waals surface area contributed by atoms with Gasteiger partial charge in [-0.25, -0.2) is 0 Å². The first kappa shape index (κ1) is 34.5. The van der Waals surface area contributed by atoms with Crippen LogP contribution in [0.25, 0.3) is 0 Å². The highest BCUT2D eigenvalue weighted by atomic mass is 16.6. The Labute approximate surface area is 249 Å². The second-order valence-electron chi connectivity index (χ2n) is 12.1. The second kappa shape index (κ2) is 21.1. The van der Waals surface area contributed by atoms with E-state index in [2.05, 4.69) is 12.1 Å². The summed E-state index contributed by atoms with van der Waals surface area (Å²) < 4.78 is 16.9. The van der Waals surface area contributed by atoms with E-state index in [9.17, 15) is 9.59 Å². The van der Waals surface area contributed by atoms with Crippen molar-refractivity contribution in [3.63, 3.8) is 0 Å². The van der Waals surface area contributed by atoms with Crippen LogP contribution in [0.15, 0.2) is 60.7 Å². The van der Waals surface area contributed by atoms with Crippen LogP contribution in [0.2, 0.25) is 0 Å². The van der Waals surface area contributed by atoms with Gasteiger partial charge < -0.3 is 14.2 Å². The first-order valence-electron chi connectivity index (χ1n) is 15.9. The molecule has 0 spiro atoms. The normalized spacial score (nSPS) is 12.2. The molecule has 0 aliphatic carbocycles. The molecule has 0 amide bonds. The Kier molecular flexibility index (Phi) is 17.8. The maximum Gasteiger partial charge on any atom is 0.309 e. The largest absolute Gasteiger partial charge is 0.461 e. The van der Waals surface area contributed by atoms with Gasteiger partial charge in [0.1, 0.15) is 12.2 Å². The van der Waals surface area contributed by atoms with Crippen molar-refractivity contribution in [1.29, 1.82) is 0 Å². The van der Waals surface area contributed by atoms with Gasteiger partial charge in [0.05, 0.1) is 12.5 Å². The van der Waals surface area contributed by atoms with Gasteiger partial charge in [-0.2, -0.15) is 0 Å². The molecule has 5 heteroatoms. The third kappa shape index (κ3) is 18.4. The van der Waals surface area contributed by atoms with Gasteiger partial charge in [-0.05, 0) is 57.6 Å². The molecule has 0 saturated heterocycles. The smallest absolute Gasteiger partial charge is 0.309 e. The minimum absolute atomic E-state index is 0.0198. The molecule has 1 unspecified atom stereocenters. The number of rotatable bonds is 22. The molecule has 2 rings (SSSR count). The van der Waals surface area contributed by atoms with Crippen molar-refractivity contribution < 1.29 is 23.8 Å². The molecule has 0 bridgehead atoms. The molecule has 0 aromatic heterocycles. The fourth-order valence-corrected chi connectivity index (χ4v) is 4.83. The Morgan fingerprint density at radius 3 is 1.68 bits per heavy atom. The van der Waals surface area contributed by atoms with Crippen LogP contribution in [-0.2, 0) is 37.0 Å². The van der Waals surface area contributed by atoms with Crippen LogP contribution < -0.4 is 0 Å². The molecule has 228 valence electrons. The molecule has 0 aliphatic rings. The maximum atomic E-state index is 12.8. The highest BCUT2D eigenvalue weighted by molar-refractivity contribution is 5.72. The SMILES string of the molecule is CC(C)(C)OC(=O)C(CCCCCCCCOCc1ccccc1)CCCCCCCC(=O)OCc1ccccc1. The number of esters is 2. The number of ether oxygens (including phenoxy) is 3. The molecular formula is C36H54O5. The summed E-state index contributed by atoms with van der Waals surface area (Å²) in [6, 6.07) is 20.1. The van der Waals surface area contributed by atoms with Crippen molar-refractivity contribution in [3.8, 4) is 0 Å². The van der Waals surface area contributed by atoms with Crippen LogP contribution in [0.4, 0.5) is 0 Å². The van der Waals surface area contributed by atoms with E-state index in [4.69, 9.17) is 14.2 Å². The summed E-state index contributed by atoms with van der Waals surface area (Å²) in [7, 11) is 0. The van der Waals surface area contributed by atoms with Crippen molar-refractivity contribution in [1.82, 2.24) is 0 Å². The predicted molar refractivity (Wildman–Crippen MR) is 166 cm³/mol. The molecule has 1 atom stereocenters. The lowest BCUT2D eigenvalue weighted by atomic mass is 9.94. The molecule has 0 radical (unpaired) electrons. The number of carbonyl (C=O) groups excluding carboxylic acids is 2. The summed E-state index contributed by atoms with van der Waals surface area (Å²) in [5.74, 6) is -0.196. The monoisotopic (exact) mass is 566 g/mol. The molecule has 0 saturated carbocycles. The van der Waals surface area contributed by atoms with Gasteiger partial charge in [0.15, 0.2) is 0 Å². The molecule has 2 aromatic rings. The van der Waals surface area contributed by atoms with Crippen LogP contribution >= 0.6 is 0 Å². The molecular weight excluding hydrogens is 512 g/mol. The Balaban J connectivity index is 1.51. The maximum absolute atomic E-state index is 12.8. The van der Waals surface area contributed by atoms with Crippen LogP contribution in [-0.4, -0.2) is 24.1 Å². The number of unbranched alkanes of at least 4 members (excludes halogenated alkanes) is 9. The van der Waals surface area contributed by atoms with Gasteiger partial charge in [-0.3, -0.25) is 9.59 Å². The van der Waals surface area contributed by atoms with Crippen molar-refractivity contribution in [3.05, 3.63) is 71.8 Å². The highest BCUT2D eigenvalue weighted by Crippen LogP contribution is 2.23. The molecule has 41 heavy (non-hydrogen) atoms. The first-order chi connectivity index (χ1) is 19.8. The molecule has 0 N–H and O–H groups in total. The Hall–Kier alpha value is -2.66. The molecule has 5 nitrogen and oxygen atoms in total. The summed E-state index contributed by atoms with van der Waals surface area (Å²) in [5.41, 5.74) is 1.79. The quantitative estimate of drug-likeness (QED) is 0.105. The molecule has 0 fully saturated rings. The van der Waals surface area contributed by atoms with E-state index in [0.29, 0.717) is 19.6 Å². The second-order valence-corrected chi connectivity index (χ2v) is 12.1. The van der Waals surface area contributed by atoms with Crippen molar-refractivity contribution in [2.45, 2.75) is 129 Å². The Morgan fingerprint density at radius 1 is 0.634 bits per heavy atom. The van der Waals surface area contributed by atoms with Gasteiger partial charge in [0.25, 0.3) is 0 Å². The van der Waals surface area contributed by atoms with Crippen molar-refractivity contribution in [2.75, 3.05) is 6.61 Å². The Morgan fingerprint density at radius 2 is 1.12 bits per heavy atom. The number of carbonyl (C=O) groups is 2. The standard InChI is InChI=1S/C36H54O5/c1-36(2,3)41-35(38)33(25-17-7-4-5-10-20-28-39-29-31-21-13-11-14-22-31)26-18-8-6-9-19-27-34(37)40-30-32-23-15-12-16-24-32/h11-16,21-24,33H,4-10,17-20,25-30H2,1-3H3. The third-order valence-corrected chi connectivity index (χ3v) is 7.12. The van der Waals surface area contributed by atoms with Gasteiger partial charge in [0.2, 0.25) is 0 Å².